The highest BCUT2D eigenvalue weighted by Gasteiger charge is 2.22. The van der Waals surface area contributed by atoms with Crippen molar-refractivity contribution in [3.05, 3.63) is 114 Å². The van der Waals surface area contributed by atoms with Crippen molar-refractivity contribution in [3.8, 4) is 22.5 Å². The lowest BCUT2D eigenvalue weighted by atomic mass is 9.91. The third kappa shape index (κ3) is 11.1. The van der Waals surface area contributed by atoms with E-state index >= 15 is 0 Å². The molecule has 0 radical (unpaired) electrons. The molecule has 10 rings (SSSR count). The summed E-state index contributed by atoms with van der Waals surface area (Å²) >= 11 is 0. The van der Waals surface area contributed by atoms with Crippen molar-refractivity contribution in [1.29, 1.82) is 0 Å². The van der Waals surface area contributed by atoms with Gasteiger partial charge in [-0.15, -0.1) is 0 Å². The van der Waals surface area contributed by atoms with Gasteiger partial charge in [-0.3, -0.25) is 0 Å². The number of benzene rings is 2. The van der Waals surface area contributed by atoms with E-state index in [0.717, 1.165) is 70.2 Å². The van der Waals surface area contributed by atoms with E-state index in [4.69, 9.17) is 0 Å². The number of nitrogens with one attached hydrogen (secondary N) is 3. The van der Waals surface area contributed by atoms with E-state index < -0.39 is 23.3 Å². The van der Waals surface area contributed by atoms with Gasteiger partial charge < -0.3 is 34.9 Å². The van der Waals surface area contributed by atoms with Crippen LogP contribution in [0.3, 0.4) is 0 Å². The predicted octanol–water partition coefficient (Wildman–Crippen LogP) is 10.8. The van der Waals surface area contributed by atoms with Gasteiger partial charge in [-0.25, -0.2) is 57.4 Å². The number of halogens is 4. The highest BCUT2D eigenvalue weighted by molar-refractivity contribution is 5.84. The van der Waals surface area contributed by atoms with Gasteiger partial charge in [0.1, 0.15) is 45.7 Å². The van der Waals surface area contributed by atoms with E-state index in [0.29, 0.717) is 51.4 Å². The molecule has 0 aliphatic carbocycles. The zero-order chi connectivity index (χ0) is 50.5. The smallest absolute Gasteiger partial charge is 0.229 e. The van der Waals surface area contributed by atoms with Crippen molar-refractivity contribution >= 4 is 51.3 Å². The average molecular weight is 972 g/mol. The van der Waals surface area contributed by atoms with Crippen LogP contribution in [-0.2, 0) is 0 Å². The Balaban J connectivity index is 0.000000184. The van der Waals surface area contributed by atoms with Crippen molar-refractivity contribution in [2.45, 2.75) is 86.2 Å². The number of anilines is 5. The molecule has 0 unspecified atom stereocenters. The Labute approximate surface area is 411 Å². The van der Waals surface area contributed by atoms with E-state index in [9.17, 15) is 17.6 Å². The molecule has 8 aromatic rings. The number of rotatable bonds is 10. The Morgan fingerprint density at radius 3 is 1.49 bits per heavy atom. The molecule has 0 amide bonds. The summed E-state index contributed by atoms with van der Waals surface area (Å²) in [6.07, 6.45) is 8.06. The SMILES string of the molecule is CC.Cc1nc2c(F)cc(-c3nc(Nc4ccc(C5CCN(C)CC5)cn4)ncc3F)cc2n1C(C)C.Cc1nc2c(F)cc(-c3nc(Nc4ccc(N5CCNCC5)cn4)ncc3F)cc2n1C(C)C. The van der Waals surface area contributed by atoms with Crippen LogP contribution in [0.2, 0.25) is 0 Å². The zero-order valence-corrected chi connectivity index (χ0v) is 41.7. The van der Waals surface area contributed by atoms with Gasteiger partial charge in [0.05, 0.1) is 35.3 Å². The number of pyridine rings is 2. The fourth-order valence-corrected chi connectivity index (χ4v) is 9.24. The van der Waals surface area contributed by atoms with Crippen LogP contribution < -0.4 is 20.9 Å². The molecule has 0 atom stereocenters. The molecule has 2 saturated heterocycles. The molecule has 2 fully saturated rings. The van der Waals surface area contributed by atoms with Gasteiger partial charge >= 0.3 is 0 Å². The van der Waals surface area contributed by atoms with Crippen LogP contribution in [0.5, 0.6) is 0 Å². The van der Waals surface area contributed by atoms with Crippen molar-refractivity contribution in [2.75, 3.05) is 61.8 Å². The summed E-state index contributed by atoms with van der Waals surface area (Å²) in [6.45, 7) is 21.5. The maximum absolute atomic E-state index is 14.9. The molecule has 15 nitrogen and oxygen atoms in total. The Hall–Kier alpha value is -7.12. The van der Waals surface area contributed by atoms with Gasteiger partial charge in [-0.1, -0.05) is 19.9 Å². The maximum Gasteiger partial charge on any atom is 0.229 e. The van der Waals surface area contributed by atoms with E-state index in [1.807, 2.05) is 88.9 Å². The molecule has 2 aliphatic rings. The van der Waals surface area contributed by atoms with E-state index in [1.54, 1.807) is 18.3 Å². The summed E-state index contributed by atoms with van der Waals surface area (Å²) < 4.78 is 63.1. The van der Waals surface area contributed by atoms with Crippen LogP contribution in [0.15, 0.2) is 73.3 Å². The summed E-state index contributed by atoms with van der Waals surface area (Å²) in [6, 6.07) is 13.9. The fraction of sp³-hybridized carbons (Fsp3) is 0.385. The third-order valence-electron chi connectivity index (χ3n) is 12.6. The predicted molar refractivity (Wildman–Crippen MR) is 273 cm³/mol. The molecule has 372 valence electrons. The largest absolute Gasteiger partial charge is 0.368 e. The lowest BCUT2D eigenvalue weighted by molar-refractivity contribution is 0.255. The first-order chi connectivity index (χ1) is 34.2. The van der Waals surface area contributed by atoms with E-state index in [2.05, 4.69) is 78.7 Å². The molecular formula is C52H61F4N15. The molecule has 2 aromatic carbocycles. The maximum atomic E-state index is 14.9. The standard InChI is InChI=1S/C26H29F2N7.C24H26F2N8.C2H6/c1-15(2)35-16(3)31-25-20(27)11-19(12-22(25)35)24-21(28)14-30-26(33-24)32-23-6-5-18(13-29-23)17-7-9-34(4)10-8-17;1-14(2)34-15(3)30-23-18(25)10-16(11-20(23)34)22-19(26)13-29-24(32-22)31-21-5-4-17(12-28-21)33-8-6-27-7-9-33;1-2/h5-6,11-15,17H,7-10H2,1-4H3,(H,29,30,32,33);4-5,10-14,27H,6-9H2,1-3H3,(H,28,29,31,32);1-2H3. The highest BCUT2D eigenvalue weighted by atomic mass is 19.1. The molecule has 0 bridgehead atoms. The minimum Gasteiger partial charge on any atom is -0.368 e. The average Bonchev–Trinajstić information content (AvgIpc) is 3.90. The lowest BCUT2D eigenvalue weighted by Crippen LogP contribution is -2.43. The van der Waals surface area contributed by atoms with Gasteiger partial charge in [-0.2, -0.15) is 0 Å². The number of piperazine rings is 1. The molecule has 0 saturated carbocycles. The van der Waals surface area contributed by atoms with Crippen molar-refractivity contribution in [1.82, 2.24) is 59.2 Å². The second-order valence-electron chi connectivity index (χ2n) is 18.1. The Bertz CT molecular complexity index is 3100. The fourth-order valence-electron chi connectivity index (χ4n) is 9.24. The van der Waals surface area contributed by atoms with Gasteiger partial charge in [0.25, 0.3) is 0 Å². The number of hydrogen-bond acceptors (Lipinski definition) is 13. The number of nitrogens with zero attached hydrogens (tertiary/aromatic N) is 12. The molecule has 3 N–H and O–H groups in total. The van der Waals surface area contributed by atoms with Gasteiger partial charge in [0.2, 0.25) is 11.9 Å². The first-order valence-corrected chi connectivity index (χ1v) is 24.2. The molecule has 8 heterocycles. The van der Waals surface area contributed by atoms with Crippen LogP contribution in [0.4, 0.5) is 46.8 Å². The Morgan fingerprint density at radius 1 is 0.577 bits per heavy atom. The minimum atomic E-state index is -0.640. The van der Waals surface area contributed by atoms with Crippen LogP contribution in [0.1, 0.15) is 89.6 Å². The molecule has 71 heavy (non-hydrogen) atoms. The van der Waals surface area contributed by atoms with Crippen LogP contribution in [0, 0.1) is 37.1 Å². The topological polar surface area (TPSA) is 156 Å². The first kappa shape index (κ1) is 50.3. The Kier molecular flexibility index (Phi) is 15.5. The van der Waals surface area contributed by atoms with Crippen LogP contribution in [0.25, 0.3) is 44.6 Å². The number of piperidine rings is 1. The Morgan fingerprint density at radius 2 is 1.06 bits per heavy atom. The first-order valence-electron chi connectivity index (χ1n) is 24.2. The number of imidazole rings is 2. The lowest BCUT2D eigenvalue weighted by Gasteiger charge is -2.29. The van der Waals surface area contributed by atoms with Gasteiger partial charge in [0, 0.05) is 55.6 Å². The number of hydrogen-bond donors (Lipinski definition) is 3. The summed E-state index contributed by atoms with van der Waals surface area (Å²) in [5, 5.41) is 9.38. The molecule has 0 spiro atoms. The van der Waals surface area contributed by atoms with Gasteiger partial charge in [0.15, 0.2) is 23.3 Å². The number of aromatic nitrogens is 10. The number of aryl methyl sites for hydroxylation is 2. The molecule has 19 heteroatoms. The van der Waals surface area contributed by atoms with E-state index in [1.165, 1.54) is 17.7 Å². The van der Waals surface area contributed by atoms with Crippen molar-refractivity contribution < 1.29 is 17.6 Å². The summed E-state index contributed by atoms with van der Waals surface area (Å²) in [5.74, 6) is 1.06. The van der Waals surface area contributed by atoms with Crippen molar-refractivity contribution in [2.24, 2.45) is 0 Å². The highest BCUT2D eigenvalue weighted by Crippen LogP contribution is 2.33. The van der Waals surface area contributed by atoms with E-state index in [-0.39, 0.29) is 46.4 Å². The number of fused-ring (bicyclic) bond motifs is 2. The number of likely N-dealkylation sites (tertiary alicyclic amines) is 1. The van der Waals surface area contributed by atoms with Crippen LogP contribution in [-0.4, -0.2) is 100 Å². The molecule has 6 aromatic heterocycles. The molecule has 2 aliphatic heterocycles. The van der Waals surface area contributed by atoms with Gasteiger partial charge in [-0.05, 0) is 128 Å². The summed E-state index contributed by atoms with van der Waals surface area (Å²) in [7, 11) is 2.14. The van der Waals surface area contributed by atoms with Crippen molar-refractivity contribution in [3.63, 3.8) is 0 Å². The second kappa shape index (κ2) is 21.9. The normalized spacial score (nSPS) is 14.4. The minimum absolute atomic E-state index is 0.00453. The van der Waals surface area contributed by atoms with Crippen LogP contribution >= 0.6 is 0 Å². The third-order valence-corrected chi connectivity index (χ3v) is 12.6. The zero-order valence-electron chi connectivity index (χ0n) is 41.7. The quantitative estimate of drug-likeness (QED) is 0.111. The summed E-state index contributed by atoms with van der Waals surface area (Å²) in [4.78, 5) is 39.0. The monoisotopic (exact) mass is 972 g/mol. The molecular weight excluding hydrogens is 911 g/mol. The second-order valence-corrected chi connectivity index (χ2v) is 18.1. The summed E-state index contributed by atoms with van der Waals surface area (Å²) in [5.41, 5.74) is 4.63.